The minimum absolute atomic E-state index is 0.000994. The first-order valence-electron chi connectivity index (χ1n) is 10.7. The number of rotatable bonds is 10. The van der Waals surface area contributed by atoms with Crippen LogP contribution in [0.25, 0.3) is 10.8 Å². The Kier molecular flexibility index (Phi) is 7.92. The van der Waals surface area contributed by atoms with Crippen LogP contribution >= 0.6 is 0 Å². The second-order valence-electron chi connectivity index (χ2n) is 7.77. The first kappa shape index (κ1) is 24.4. The standard InChI is InChI=1S/C25H25N3O6/c1-2-34-23(30)15-21(18-9-11-20(12-10-18)28(32)33)24(25(26)31)27-22(29)14-16-7-8-17-5-3-4-6-19(17)13-16/h3-13,21,24H,2,14-15H2,1H3,(H2,26,31)(H,27,29)/t21-,24+/m0/s1. The Labute approximate surface area is 196 Å². The number of nitro groups is 1. The fourth-order valence-corrected chi connectivity index (χ4v) is 3.80. The highest BCUT2D eigenvalue weighted by atomic mass is 16.6. The third-order valence-electron chi connectivity index (χ3n) is 5.43. The minimum Gasteiger partial charge on any atom is -0.466 e. The normalized spacial score (nSPS) is 12.5. The van der Waals surface area contributed by atoms with E-state index in [9.17, 15) is 24.5 Å². The molecule has 0 aromatic heterocycles. The van der Waals surface area contributed by atoms with E-state index >= 15 is 0 Å². The number of nitrogens with two attached hydrogens (primary N) is 1. The van der Waals surface area contributed by atoms with Crippen LogP contribution in [0, 0.1) is 10.1 Å². The van der Waals surface area contributed by atoms with Gasteiger partial charge in [-0.15, -0.1) is 0 Å². The predicted molar refractivity (Wildman–Crippen MR) is 126 cm³/mol. The van der Waals surface area contributed by atoms with Gasteiger partial charge in [-0.1, -0.05) is 54.6 Å². The Hall–Kier alpha value is -4.27. The molecule has 9 heteroatoms. The van der Waals surface area contributed by atoms with E-state index in [-0.39, 0.29) is 25.1 Å². The van der Waals surface area contributed by atoms with Gasteiger partial charge in [-0.25, -0.2) is 0 Å². The van der Waals surface area contributed by atoms with E-state index in [1.54, 1.807) is 6.92 Å². The fourth-order valence-electron chi connectivity index (χ4n) is 3.80. The number of hydrogen-bond acceptors (Lipinski definition) is 6. The summed E-state index contributed by atoms with van der Waals surface area (Å²) in [5.74, 6) is -2.73. The summed E-state index contributed by atoms with van der Waals surface area (Å²) < 4.78 is 5.02. The molecule has 0 heterocycles. The molecule has 0 saturated carbocycles. The SMILES string of the molecule is CCOC(=O)C[C@@H](c1ccc([N+](=O)[O-])cc1)[C@@H](NC(=O)Cc1ccc2ccccc2c1)C(N)=O. The highest BCUT2D eigenvalue weighted by molar-refractivity contribution is 5.90. The van der Waals surface area contributed by atoms with Crippen molar-refractivity contribution >= 4 is 34.2 Å². The Morgan fingerprint density at radius 1 is 1.03 bits per heavy atom. The molecule has 34 heavy (non-hydrogen) atoms. The number of esters is 1. The number of carbonyl (C=O) groups excluding carboxylic acids is 3. The van der Waals surface area contributed by atoms with Gasteiger partial charge in [0.1, 0.15) is 6.04 Å². The van der Waals surface area contributed by atoms with Crippen LogP contribution < -0.4 is 11.1 Å². The summed E-state index contributed by atoms with van der Waals surface area (Å²) >= 11 is 0. The van der Waals surface area contributed by atoms with Gasteiger partial charge in [0.15, 0.2) is 0 Å². The van der Waals surface area contributed by atoms with Gasteiger partial charge in [-0.2, -0.15) is 0 Å². The van der Waals surface area contributed by atoms with Gasteiger partial charge >= 0.3 is 5.97 Å². The average Bonchev–Trinajstić information content (AvgIpc) is 2.81. The van der Waals surface area contributed by atoms with Gasteiger partial charge in [-0.3, -0.25) is 24.5 Å². The van der Waals surface area contributed by atoms with Gasteiger partial charge in [0.25, 0.3) is 5.69 Å². The first-order valence-corrected chi connectivity index (χ1v) is 10.7. The highest BCUT2D eigenvalue weighted by Gasteiger charge is 2.32. The lowest BCUT2D eigenvalue weighted by Crippen LogP contribution is -2.49. The maximum atomic E-state index is 12.8. The van der Waals surface area contributed by atoms with Crippen LogP contribution in [0.2, 0.25) is 0 Å². The van der Waals surface area contributed by atoms with Gasteiger partial charge in [0, 0.05) is 18.1 Å². The van der Waals surface area contributed by atoms with E-state index in [4.69, 9.17) is 10.5 Å². The monoisotopic (exact) mass is 463 g/mol. The van der Waals surface area contributed by atoms with Crippen LogP contribution in [0.15, 0.2) is 66.7 Å². The molecule has 0 bridgehead atoms. The van der Waals surface area contributed by atoms with Crippen molar-refractivity contribution in [1.82, 2.24) is 5.32 Å². The zero-order valence-corrected chi connectivity index (χ0v) is 18.6. The van der Waals surface area contributed by atoms with Gasteiger partial charge in [0.05, 0.1) is 24.4 Å². The molecule has 0 aliphatic heterocycles. The zero-order chi connectivity index (χ0) is 24.7. The second-order valence-corrected chi connectivity index (χ2v) is 7.77. The van der Waals surface area contributed by atoms with Crippen LogP contribution in [0.5, 0.6) is 0 Å². The van der Waals surface area contributed by atoms with Crippen molar-refractivity contribution in [2.24, 2.45) is 5.73 Å². The van der Waals surface area contributed by atoms with E-state index in [0.29, 0.717) is 5.56 Å². The number of hydrogen-bond donors (Lipinski definition) is 2. The summed E-state index contributed by atoms with van der Waals surface area (Å²) in [5, 5.41) is 15.6. The number of nitrogens with one attached hydrogen (secondary N) is 1. The summed E-state index contributed by atoms with van der Waals surface area (Å²) in [6, 6.07) is 17.5. The number of primary amides is 1. The van der Waals surface area contributed by atoms with Crippen molar-refractivity contribution in [2.45, 2.75) is 31.7 Å². The van der Waals surface area contributed by atoms with Crippen LogP contribution in [0.3, 0.4) is 0 Å². The van der Waals surface area contributed by atoms with Gasteiger partial charge in [-0.05, 0) is 28.8 Å². The average molecular weight is 463 g/mol. The van der Waals surface area contributed by atoms with Crippen LogP contribution in [0.4, 0.5) is 5.69 Å². The molecular formula is C25H25N3O6. The van der Waals surface area contributed by atoms with Gasteiger partial charge in [0.2, 0.25) is 11.8 Å². The summed E-state index contributed by atoms with van der Waals surface area (Å²) in [5.41, 5.74) is 6.65. The summed E-state index contributed by atoms with van der Waals surface area (Å²) in [6.45, 7) is 1.79. The number of non-ortho nitro benzene ring substituents is 1. The summed E-state index contributed by atoms with van der Waals surface area (Å²) in [7, 11) is 0. The van der Waals surface area contributed by atoms with Crippen molar-refractivity contribution in [3.63, 3.8) is 0 Å². The highest BCUT2D eigenvalue weighted by Crippen LogP contribution is 2.27. The lowest BCUT2D eigenvalue weighted by molar-refractivity contribution is -0.384. The third-order valence-corrected chi connectivity index (χ3v) is 5.43. The Morgan fingerprint density at radius 3 is 2.32 bits per heavy atom. The third kappa shape index (κ3) is 6.16. The molecule has 3 aromatic carbocycles. The topological polar surface area (TPSA) is 142 Å². The molecule has 0 saturated heterocycles. The van der Waals surface area contributed by atoms with Crippen LogP contribution in [-0.2, 0) is 25.5 Å². The van der Waals surface area contributed by atoms with Gasteiger partial charge < -0.3 is 15.8 Å². The molecule has 176 valence electrons. The summed E-state index contributed by atoms with van der Waals surface area (Å²) in [4.78, 5) is 47.8. The van der Waals surface area contributed by atoms with E-state index in [2.05, 4.69) is 5.32 Å². The van der Waals surface area contributed by atoms with Crippen LogP contribution in [0.1, 0.15) is 30.4 Å². The smallest absolute Gasteiger partial charge is 0.306 e. The molecule has 0 fully saturated rings. The van der Waals surface area contributed by atoms with E-state index in [1.165, 1.54) is 24.3 Å². The molecule has 0 aliphatic carbocycles. The minimum atomic E-state index is -1.22. The first-order chi connectivity index (χ1) is 16.3. The number of nitrogens with zero attached hydrogens (tertiary/aromatic N) is 1. The number of fused-ring (bicyclic) bond motifs is 1. The number of nitro benzene ring substituents is 1. The van der Waals surface area contributed by atoms with E-state index in [0.717, 1.165) is 16.3 Å². The number of amides is 2. The van der Waals surface area contributed by atoms with Crippen molar-refractivity contribution in [3.05, 3.63) is 88.0 Å². The maximum absolute atomic E-state index is 12.8. The lowest BCUT2D eigenvalue weighted by atomic mass is 9.87. The predicted octanol–water partition coefficient (Wildman–Crippen LogP) is 3.00. The maximum Gasteiger partial charge on any atom is 0.306 e. The lowest BCUT2D eigenvalue weighted by Gasteiger charge is -2.25. The second kappa shape index (κ2) is 11.0. The molecule has 0 radical (unpaired) electrons. The van der Waals surface area contributed by atoms with Crippen LogP contribution in [-0.4, -0.2) is 35.4 Å². The van der Waals surface area contributed by atoms with Crippen molar-refractivity contribution < 1.29 is 24.0 Å². The molecule has 0 spiro atoms. The Bertz CT molecular complexity index is 1210. The molecule has 0 unspecified atom stereocenters. The zero-order valence-electron chi connectivity index (χ0n) is 18.6. The number of carbonyl (C=O) groups is 3. The molecule has 0 aliphatic rings. The van der Waals surface area contributed by atoms with Crippen molar-refractivity contribution in [3.8, 4) is 0 Å². The molecule has 3 rings (SSSR count). The fraction of sp³-hybridized carbons (Fsp3) is 0.240. The van der Waals surface area contributed by atoms with E-state index in [1.807, 2.05) is 42.5 Å². The molecule has 3 N–H and O–H groups in total. The van der Waals surface area contributed by atoms with E-state index < -0.39 is 34.7 Å². The molecule has 2 amide bonds. The molecule has 9 nitrogen and oxygen atoms in total. The quantitative estimate of drug-likeness (QED) is 0.269. The van der Waals surface area contributed by atoms with Crippen molar-refractivity contribution in [2.75, 3.05) is 6.61 Å². The van der Waals surface area contributed by atoms with Crippen molar-refractivity contribution in [1.29, 1.82) is 0 Å². The summed E-state index contributed by atoms with van der Waals surface area (Å²) in [6.07, 6.45) is -0.240. The number of ether oxygens (including phenoxy) is 1. The molecular weight excluding hydrogens is 438 g/mol. The number of benzene rings is 3. The largest absolute Gasteiger partial charge is 0.466 e. The molecule has 3 aromatic rings. The Morgan fingerprint density at radius 2 is 1.71 bits per heavy atom. The Balaban J connectivity index is 1.84. The molecule has 2 atom stereocenters.